The van der Waals surface area contributed by atoms with E-state index in [4.69, 9.17) is 9.29 Å². The highest BCUT2D eigenvalue weighted by Gasteiger charge is 2.17. The van der Waals surface area contributed by atoms with Crippen LogP contribution in [-0.4, -0.2) is 25.9 Å². The molecule has 0 aromatic heterocycles. The zero-order chi connectivity index (χ0) is 21.5. The highest BCUT2D eigenvalue weighted by Crippen LogP contribution is 2.29. The minimum absolute atomic E-state index is 0.102. The van der Waals surface area contributed by atoms with Gasteiger partial charge in [0.2, 0.25) is 0 Å². The average molecular weight is 443 g/mol. The summed E-state index contributed by atoms with van der Waals surface area (Å²) >= 11 is 0. The third kappa shape index (κ3) is 7.43. The third-order valence-corrected chi connectivity index (χ3v) is 6.24. The Bertz CT molecular complexity index is 1030. The van der Waals surface area contributed by atoms with E-state index in [0.29, 0.717) is 12.0 Å². The fraction of sp³-hybridized carbons (Fsp3) is 0.400. The maximum atomic E-state index is 11.8. The van der Waals surface area contributed by atoms with Gasteiger partial charge in [-0.25, -0.2) is 0 Å². The number of aryl methyl sites for hydroxylation is 1. The molecule has 0 unspecified atom stereocenters. The summed E-state index contributed by atoms with van der Waals surface area (Å²) in [5.74, 6) is 0.224. The second kappa shape index (κ2) is 10.2. The number of benzene rings is 2. The molecule has 0 bridgehead atoms. The topological polar surface area (TPSA) is 118 Å². The maximum absolute atomic E-state index is 11.8. The van der Waals surface area contributed by atoms with Gasteiger partial charge in [-0.2, -0.15) is 16.8 Å². The van der Waals surface area contributed by atoms with Crippen LogP contribution in [0.15, 0.2) is 52.3 Å². The Morgan fingerprint density at radius 3 is 2.10 bits per heavy atom. The molecule has 160 valence electrons. The van der Waals surface area contributed by atoms with Crippen LogP contribution < -0.4 is 4.74 Å². The van der Waals surface area contributed by atoms with Gasteiger partial charge in [0.25, 0.3) is 20.2 Å². The minimum Gasteiger partial charge on any atom is -0.457 e. The molecule has 0 atom stereocenters. The Morgan fingerprint density at radius 2 is 1.45 bits per heavy atom. The largest absolute Gasteiger partial charge is 0.457 e. The summed E-state index contributed by atoms with van der Waals surface area (Å²) in [6.45, 7) is 2.14. The molecule has 9 heteroatoms. The van der Waals surface area contributed by atoms with Crippen molar-refractivity contribution in [1.29, 1.82) is 0 Å². The van der Waals surface area contributed by atoms with Gasteiger partial charge in [-0.1, -0.05) is 51.2 Å². The second-order valence-electron chi connectivity index (χ2n) is 6.81. The standard InChI is InChI=1S/C20H26O7S2/c1-2-3-4-5-6-7-9-16-12-13-18(15-20(16)29(24,25)26)27-17-10-8-11-19(14-17)28(21,22)23/h8,10-15H,2-7,9H2,1H3,(H,21,22,23)(H,24,25,26). The van der Waals surface area contributed by atoms with E-state index < -0.39 is 20.2 Å². The first-order valence-electron chi connectivity index (χ1n) is 9.47. The molecule has 0 aliphatic carbocycles. The van der Waals surface area contributed by atoms with Crippen LogP contribution in [0.25, 0.3) is 0 Å². The quantitative estimate of drug-likeness (QED) is 0.376. The molecule has 0 fully saturated rings. The molecule has 2 aromatic carbocycles. The van der Waals surface area contributed by atoms with E-state index >= 15 is 0 Å². The third-order valence-electron chi connectivity index (χ3n) is 4.46. The van der Waals surface area contributed by atoms with Crippen molar-refractivity contribution in [1.82, 2.24) is 0 Å². The fourth-order valence-corrected chi connectivity index (χ4v) is 4.26. The van der Waals surface area contributed by atoms with Crippen molar-refractivity contribution in [2.24, 2.45) is 0 Å². The molecule has 0 heterocycles. The SMILES string of the molecule is CCCCCCCCc1ccc(Oc2cccc(S(=O)(=O)O)c2)cc1S(=O)(=O)O. The Labute approximate surface area is 172 Å². The molecule has 0 saturated carbocycles. The number of hydrogen-bond acceptors (Lipinski definition) is 5. The lowest BCUT2D eigenvalue weighted by molar-refractivity contribution is 0.466. The summed E-state index contributed by atoms with van der Waals surface area (Å²) in [7, 11) is -8.84. The van der Waals surface area contributed by atoms with E-state index in [2.05, 4.69) is 6.92 Å². The van der Waals surface area contributed by atoms with Gasteiger partial charge in [0.15, 0.2) is 0 Å². The first kappa shape index (κ1) is 23.3. The lowest BCUT2D eigenvalue weighted by atomic mass is 10.0. The monoisotopic (exact) mass is 442 g/mol. The molecule has 0 aliphatic heterocycles. The molecular weight excluding hydrogens is 416 g/mol. The summed E-state index contributed by atoms with van der Waals surface area (Å²) in [5.41, 5.74) is 0.502. The van der Waals surface area contributed by atoms with Gasteiger partial charge in [0, 0.05) is 12.1 Å². The number of ether oxygens (including phenoxy) is 1. The van der Waals surface area contributed by atoms with Crippen molar-refractivity contribution in [3.05, 3.63) is 48.0 Å². The molecule has 0 spiro atoms. The summed E-state index contributed by atoms with van der Waals surface area (Å²) < 4.78 is 70.3. The normalized spacial score (nSPS) is 12.1. The summed E-state index contributed by atoms with van der Waals surface area (Å²) in [4.78, 5) is -0.570. The predicted molar refractivity (Wildman–Crippen MR) is 110 cm³/mol. The van der Waals surface area contributed by atoms with Crippen molar-refractivity contribution in [3.63, 3.8) is 0 Å². The van der Waals surface area contributed by atoms with E-state index in [1.165, 1.54) is 30.7 Å². The molecule has 0 aliphatic rings. The van der Waals surface area contributed by atoms with Crippen molar-refractivity contribution in [3.8, 4) is 11.5 Å². The summed E-state index contributed by atoms with van der Waals surface area (Å²) in [5, 5.41) is 0. The molecule has 2 aromatic rings. The first-order chi connectivity index (χ1) is 13.6. The van der Waals surface area contributed by atoms with Crippen molar-refractivity contribution < 1.29 is 30.7 Å². The Balaban J connectivity index is 2.17. The van der Waals surface area contributed by atoms with E-state index in [9.17, 15) is 21.4 Å². The van der Waals surface area contributed by atoms with Crippen LogP contribution >= 0.6 is 0 Å². The highest BCUT2D eigenvalue weighted by molar-refractivity contribution is 7.86. The summed E-state index contributed by atoms with van der Waals surface area (Å²) in [6, 6.07) is 9.52. The Kier molecular flexibility index (Phi) is 8.21. The molecule has 0 radical (unpaired) electrons. The van der Waals surface area contributed by atoms with Gasteiger partial charge in [0.05, 0.1) is 4.90 Å². The lowest BCUT2D eigenvalue weighted by Crippen LogP contribution is -2.04. The van der Waals surface area contributed by atoms with Gasteiger partial charge >= 0.3 is 0 Å². The van der Waals surface area contributed by atoms with E-state index in [0.717, 1.165) is 38.2 Å². The van der Waals surface area contributed by atoms with Crippen molar-refractivity contribution in [2.45, 2.75) is 61.7 Å². The molecule has 2 rings (SSSR count). The van der Waals surface area contributed by atoms with E-state index in [-0.39, 0.29) is 21.3 Å². The van der Waals surface area contributed by atoms with E-state index in [1.807, 2.05) is 0 Å². The number of hydrogen-bond donors (Lipinski definition) is 2. The van der Waals surface area contributed by atoms with Crippen LogP contribution in [0.4, 0.5) is 0 Å². The van der Waals surface area contributed by atoms with Gasteiger partial charge in [-0.05, 0) is 36.6 Å². The van der Waals surface area contributed by atoms with Crippen LogP contribution in [0, 0.1) is 0 Å². The molecule has 7 nitrogen and oxygen atoms in total. The molecule has 29 heavy (non-hydrogen) atoms. The lowest BCUT2D eigenvalue weighted by Gasteiger charge is -2.11. The van der Waals surface area contributed by atoms with Crippen LogP contribution in [-0.2, 0) is 26.7 Å². The average Bonchev–Trinajstić information content (AvgIpc) is 2.64. The predicted octanol–water partition coefficient (Wildman–Crippen LogP) is 4.88. The van der Waals surface area contributed by atoms with Gasteiger partial charge in [-0.15, -0.1) is 0 Å². The first-order valence-corrected chi connectivity index (χ1v) is 12.3. The van der Waals surface area contributed by atoms with Gasteiger partial charge < -0.3 is 4.74 Å². The Morgan fingerprint density at radius 1 is 0.793 bits per heavy atom. The highest BCUT2D eigenvalue weighted by atomic mass is 32.2. The smallest absolute Gasteiger partial charge is 0.294 e. The molecule has 0 amide bonds. The second-order valence-corrected chi connectivity index (χ2v) is 9.63. The molecule has 0 saturated heterocycles. The maximum Gasteiger partial charge on any atom is 0.294 e. The van der Waals surface area contributed by atoms with Crippen molar-refractivity contribution >= 4 is 20.2 Å². The van der Waals surface area contributed by atoms with Crippen LogP contribution in [0.2, 0.25) is 0 Å². The van der Waals surface area contributed by atoms with Crippen LogP contribution in [0.1, 0.15) is 51.0 Å². The Hall–Kier alpha value is -1.94. The van der Waals surface area contributed by atoms with E-state index in [1.54, 1.807) is 12.1 Å². The van der Waals surface area contributed by atoms with Crippen LogP contribution in [0.5, 0.6) is 11.5 Å². The molecule has 2 N–H and O–H groups in total. The van der Waals surface area contributed by atoms with Gasteiger partial charge in [0.1, 0.15) is 16.4 Å². The van der Waals surface area contributed by atoms with Gasteiger partial charge in [-0.3, -0.25) is 9.11 Å². The summed E-state index contributed by atoms with van der Waals surface area (Å²) in [6.07, 6.45) is 6.87. The van der Waals surface area contributed by atoms with Crippen LogP contribution in [0.3, 0.4) is 0 Å². The van der Waals surface area contributed by atoms with Crippen molar-refractivity contribution in [2.75, 3.05) is 0 Å². The zero-order valence-corrected chi connectivity index (χ0v) is 17.9. The number of unbranched alkanes of at least 4 members (excludes halogenated alkanes) is 5. The zero-order valence-electron chi connectivity index (χ0n) is 16.2. The fourth-order valence-electron chi connectivity index (χ4n) is 2.98. The molecular formula is C20H26O7S2. The number of rotatable bonds is 11. The minimum atomic E-state index is -4.45.